The fourth-order valence-electron chi connectivity index (χ4n) is 5.44. The third kappa shape index (κ3) is 4.61. The van der Waals surface area contributed by atoms with E-state index in [2.05, 4.69) is 40.0 Å². The number of nitrogens with zero attached hydrogens (tertiary/aromatic N) is 5. The van der Waals surface area contributed by atoms with Crippen LogP contribution in [0.25, 0.3) is 11.1 Å². The summed E-state index contributed by atoms with van der Waals surface area (Å²) in [6.07, 6.45) is 4.59. The molecule has 2 aliphatic rings. The molecule has 0 saturated carbocycles. The Hall–Kier alpha value is -4.23. The number of anilines is 2. The van der Waals surface area contributed by atoms with Gasteiger partial charge in [-0.15, -0.1) is 0 Å². The molecule has 1 saturated heterocycles. The molecule has 0 aliphatic carbocycles. The van der Waals surface area contributed by atoms with Gasteiger partial charge in [0.2, 0.25) is 0 Å². The zero-order valence-corrected chi connectivity index (χ0v) is 21.7. The molecule has 1 atom stereocenters. The zero-order valence-electron chi connectivity index (χ0n) is 21.7. The van der Waals surface area contributed by atoms with E-state index in [4.69, 9.17) is 4.74 Å². The highest BCUT2D eigenvalue weighted by atomic mass is 16.5. The molecule has 4 aromatic rings. The molecule has 7 nitrogen and oxygen atoms in total. The van der Waals surface area contributed by atoms with E-state index in [1.165, 1.54) is 5.56 Å². The summed E-state index contributed by atoms with van der Waals surface area (Å²) in [6, 6.07) is 24.2. The maximum Gasteiger partial charge on any atom is 0.329 e. The van der Waals surface area contributed by atoms with Crippen LogP contribution in [0.1, 0.15) is 23.4 Å². The SMILES string of the molecule is COc1ccc(-c2ccc(N3C(=O)N(C4CCN(Cc5ncccc5C)C4)Cc4ncccc43)cc2)cc1. The average molecular weight is 506 g/mol. The standard InChI is InChI=1S/C31H31N5O2/c1-22-5-3-16-32-28(22)20-34-18-15-26(19-34)35-21-29-30(6-4-17-33-29)36(31(35)37)25-11-7-23(8-12-25)24-9-13-27(38-2)14-10-24/h3-14,16-17,26H,15,18-21H2,1-2H3. The second kappa shape index (κ2) is 10.3. The zero-order chi connectivity index (χ0) is 26.1. The Morgan fingerprint density at radius 3 is 2.37 bits per heavy atom. The van der Waals surface area contributed by atoms with E-state index < -0.39 is 0 Å². The molecular weight excluding hydrogens is 474 g/mol. The maximum absolute atomic E-state index is 14.0. The number of urea groups is 1. The topological polar surface area (TPSA) is 61.8 Å². The van der Waals surface area contributed by atoms with E-state index in [0.717, 1.165) is 65.7 Å². The Kier molecular flexibility index (Phi) is 6.52. The quantitative estimate of drug-likeness (QED) is 0.331. The molecule has 2 aromatic heterocycles. The second-order valence-corrected chi connectivity index (χ2v) is 9.94. The van der Waals surface area contributed by atoms with Crippen molar-refractivity contribution in [2.45, 2.75) is 32.5 Å². The van der Waals surface area contributed by atoms with Gasteiger partial charge in [0.25, 0.3) is 0 Å². The smallest absolute Gasteiger partial charge is 0.329 e. The fourth-order valence-corrected chi connectivity index (χ4v) is 5.44. The molecule has 1 unspecified atom stereocenters. The van der Waals surface area contributed by atoms with Crippen molar-refractivity contribution in [2.24, 2.45) is 0 Å². The van der Waals surface area contributed by atoms with Crippen molar-refractivity contribution in [1.29, 1.82) is 0 Å². The number of rotatable bonds is 6. The minimum absolute atomic E-state index is 0.00330. The van der Waals surface area contributed by atoms with Gasteiger partial charge in [0.1, 0.15) is 5.75 Å². The van der Waals surface area contributed by atoms with Crippen molar-refractivity contribution in [3.05, 3.63) is 102 Å². The van der Waals surface area contributed by atoms with Crippen molar-refractivity contribution in [3.8, 4) is 16.9 Å². The Bertz CT molecular complexity index is 1440. The van der Waals surface area contributed by atoms with Gasteiger partial charge in [-0.25, -0.2) is 4.79 Å². The predicted molar refractivity (Wildman–Crippen MR) is 148 cm³/mol. The van der Waals surface area contributed by atoms with Crippen LogP contribution in [-0.4, -0.2) is 52.0 Å². The van der Waals surface area contributed by atoms with Crippen LogP contribution in [-0.2, 0) is 13.1 Å². The molecule has 2 amide bonds. The molecule has 2 aliphatic heterocycles. The number of benzene rings is 2. The molecule has 192 valence electrons. The number of ether oxygens (including phenoxy) is 1. The van der Waals surface area contributed by atoms with E-state index in [0.29, 0.717) is 6.54 Å². The summed E-state index contributed by atoms with van der Waals surface area (Å²) in [6.45, 7) is 5.20. The Balaban J connectivity index is 1.24. The molecule has 0 N–H and O–H groups in total. The van der Waals surface area contributed by atoms with Crippen molar-refractivity contribution < 1.29 is 9.53 Å². The van der Waals surface area contributed by atoms with Gasteiger partial charge in [-0.2, -0.15) is 0 Å². The Morgan fingerprint density at radius 1 is 0.921 bits per heavy atom. The first kappa shape index (κ1) is 24.1. The van der Waals surface area contributed by atoms with Crippen molar-refractivity contribution in [3.63, 3.8) is 0 Å². The van der Waals surface area contributed by atoms with Gasteiger partial charge in [-0.05, 0) is 72.5 Å². The Labute approximate surface area is 223 Å². The van der Waals surface area contributed by atoms with Crippen LogP contribution in [0.4, 0.5) is 16.2 Å². The molecule has 0 spiro atoms. The first-order valence-corrected chi connectivity index (χ1v) is 13.0. The first-order valence-electron chi connectivity index (χ1n) is 13.0. The van der Waals surface area contributed by atoms with E-state index in [1.54, 1.807) is 7.11 Å². The molecule has 7 heteroatoms. The molecule has 2 aromatic carbocycles. The summed E-state index contributed by atoms with van der Waals surface area (Å²) in [5.41, 5.74) is 7.09. The molecular formula is C31H31N5O2. The van der Waals surface area contributed by atoms with Gasteiger partial charge < -0.3 is 9.64 Å². The van der Waals surface area contributed by atoms with Crippen LogP contribution in [0.15, 0.2) is 85.2 Å². The summed E-state index contributed by atoms with van der Waals surface area (Å²) in [5, 5.41) is 0. The van der Waals surface area contributed by atoms with Crippen molar-refractivity contribution in [1.82, 2.24) is 19.8 Å². The van der Waals surface area contributed by atoms with Crippen LogP contribution < -0.4 is 9.64 Å². The molecule has 0 bridgehead atoms. The summed E-state index contributed by atoms with van der Waals surface area (Å²) >= 11 is 0. The lowest BCUT2D eigenvalue weighted by Gasteiger charge is -2.39. The number of pyridine rings is 2. The number of carbonyl (C=O) groups is 1. The minimum Gasteiger partial charge on any atom is -0.497 e. The lowest BCUT2D eigenvalue weighted by molar-refractivity contribution is 0.172. The monoisotopic (exact) mass is 505 g/mol. The highest BCUT2D eigenvalue weighted by Crippen LogP contribution is 2.37. The van der Waals surface area contributed by atoms with Crippen LogP contribution in [0, 0.1) is 6.92 Å². The van der Waals surface area contributed by atoms with Crippen LogP contribution in [0.5, 0.6) is 5.75 Å². The fraction of sp³-hybridized carbons (Fsp3) is 0.258. The van der Waals surface area contributed by atoms with Gasteiger partial charge in [0.05, 0.1) is 36.4 Å². The van der Waals surface area contributed by atoms with Gasteiger partial charge in [-0.3, -0.25) is 19.8 Å². The third-order valence-corrected chi connectivity index (χ3v) is 7.59. The van der Waals surface area contributed by atoms with Crippen molar-refractivity contribution in [2.75, 3.05) is 25.1 Å². The van der Waals surface area contributed by atoms with Gasteiger partial charge in [0, 0.05) is 38.1 Å². The largest absolute Gasteiger partial charge is 0.497 e. The number of hydrogen-bond acceptors (Lipinski definition) is 5. The summed E-state index contributed by atoms with van der Waals surface area (Å²) in [7, 11) is 1.67. The first-order chi connectivity index (χ1) is 18.6. The predicted octanol–water partition coefficient (Wildman–Crippen LogP) is 5.81. The molecule has 1 fully saturated rings. The molecule has 0 radical (unpaired) electrons. The third-order valence-electron chi connectivity index (χ3n) is 7.59. The van der Waals surface area contributed by atoms with E-state index in [-0.39, 0.29) is 12.1 Å². The number of fused-ring (bicyclic) bond motifs is 1. The van der Waals surface area contributed by atoms with Crippen LogP contribution >= 0.6 is 0 Å². The van der Waals surface area contributed by atoms with Gasteiger partial charge in [0.15, 0.2) is 0 Å². The number of carbonyl (C=O) groups excluding carboxylic acids is 1. The van der Waals surface area contributed by atoms with E-state index in [1.807, 2.05) is 76.8 Å². The highest BCUT2D eigenvalue weighted by molar-refractivity contribution is 6.01. The average Bonchev–Trinajstić information content (AvgIpc) is 3.42. The van der Waals surface area contributed by atoms with Gasteiger partial charge in [-0.1, -0.05) is 30.3 Å². The number of aryl methyl sites for hydroxylation is 1. The number of aromatic nitrogens is 2. The minimum atomic E-state index is 0.00330. The molecule has 4 heterocycles. The molecule has 6 rings (SSSR count). The van der Waals surface area contributed by atoms with E-state index in [9.17, 15) is 4.79 Å². The molecule has 38 heavy (non-hydrogen) atoms. The maximum atomic E-state index is 14.0. The number of likely N-dealkylation sites (tertiary alicyclic amines) is 1. The summed E-state index contributed by atoms with van der Waals surface area (Å²) in [5.74, 6) is 0.828. The lowest BCUT2D eigenvalue weighted by atomic mass is 10.0. The lowest BCUT2D eigenvalue weighted by Crippen LogP contribution is -2.50. The summed E-state index contributed by atoms with van der Waals surface area (Å²) < 4.78 is 5.28. The normalized spacial score (nSPS) is 17.5. The summed E-state index contributed by atoms with van der Waals surface area (Å²) in [4.78, 5) is 29.4. The van der Waals surface area contributed by atoms with E-state index >= 15 is 0 Å². The van der Waals surface area contributed by atoms with Crippen molar-refractivity contribution >= 4 is 17.4 Å². The van der Waals surface area contributed by atoms with Gasteiger partial charge >= 0.3 is 6.03 Å². The number of methoxy groups -OCH3 is 1. The van der Waals surface area contributed by atoms with Crippen LogP contribution in [0.2, 0.25) is 0 Å². The highest BCUT2D eigenvalue weighted by Gasteiger charge is 2.38. The second-order valence-electron chi connectivity index (χ2n) is 9.94. The Morgan fingerprint density at radius 2 is 1.63 bits per heavy atom. The number of amides is 2. The van der Waals surface area contributed by atoms with Crippen LogP contribution in [0.3, 0.4) is 0 Å². The number of hydrogen-bond donors (Lipinski definition) is 0.